The zero-order valence-corrected chi connectivity index (χ0v) is 15.2. The molecule has 0 aliphatic heterocycles. The first-order valence-electron chi connectivity index (χ1n) is 8.00. The Bertz CT molecular complexity index is 857. The number of aromatic nitrogens is 3. The molecule has 0 radical (unpaired) electrons. The van der Waals surface area contributed by atoms with Crippen LogP contribution in [0.25, 0.3) is 5.69 Å². The number of para-hydroxylation sites is 1. The van der Waals surface area contributed by atoms with E-state index in [9.17, 15) is 4.79 Å². The summed E-state index contributed by atoms with van der Waals surface area (Å²) in [6.07, 6.45) is 1.24. The highest BCUT2D eigenvalue weighted by molar-refractivity contribution is 7.09. The summed E-state index contributed by atoms with van der Waals surface area (Å²) in [6, 6.07) is 9.77. The Morgan fingerprint density at radius 3 is 2.76 bits per heavy atom. The van der Waals surface area contributed by atoms with Gasteiger partial charge >= 0.3 is 0 Å². The van der Waals surface area contributed by atoms with E-state index in [2.05, 4.69) is 15.4 Å². The van der Waals surface area contributed by atoms with Crippen LogP contribution in [0.15, 0.2) is 41.9 Å². The summed E-state index contributed by atoms with van der Waals surface area (Å²) >= 11 is 1.56. The first-order valence-corrected chi connectivity index (χ1v) is 8.88. The molecule has 3 rings (SSSR count). The number of carbonyl (C=O) groups excluding carboxylic acids is 1. The molecular weight excluding hydrogens is 336 g/mol. The molecule has 0 spiro atoms. The zero-order valence-electron chi connectivity index (χ0n) is 14.4. The quantitative estimate of drug-likeness (QED) is 0.737. The highest BCUT2D eigenvalue weighted by Gasteiger charge is 2.18. The Hall–Kier alpha value is -2.67. The topological polar surface area (TPSA) is 69.0 Å². The fourth-order valence-electron chi connectivity index (χ4n) is 2.31. The van der Waals surface area contributed by atoms with Crippen LogP contribution in [0, 0.1) is 13.8 Å². The fourth-order valence-corrected chi connectivity index (χ4v) is 2.92. The minimum absolute atomic E-state index is 0.195. The number of nitrogens with zero attached hydrogens (tertiary/aromatic N) is 3. The second-order valence-electron chi connectivity index (χ2n) is 5.73. The molecule has 25 heavy (non-hydrogen) atoms. The summed E-state index contributed by atoms with van der Waals surface area (Å²) in [5.41, 5.74) is 2.67. The van der Waals surface area contributed by atoms with Crippen LogP contribution in [0.5, 0.6) is 5.88 Å². The predicted octanol–water partition coefficient (Wildman–Crippen LogP) is 3.03. The maximum absolute atomic E-state index is 12.2. The molecule has 1 aromatic carbocycles. The Morgan fingerprint density at radius 2 is 2.08 bits per heavy atom. The molecule has 0 unspecified atom stereocenters. The highest BCUT2D eigenvalue weighted by Crippen LogP contribution is 2.19. The number of hydrogen-bond donors (Lipinski definition) is 1. The van der Waals surface area contributed by atoms with Gasteiger partial charge < -0.3 is 10.1 Å². The van der Waals surface area contributed by atoms with Gasteiger partial charge in [0.05, 0.1) is 22.9 Å². The normalized spacial score (nSPS) is 12.0. The van der Waals surface area contributed by atoms with Crippen molar-refractivity contribution in [3.63, 3.8) is 0 Å². The molecule has 0 aliphatic carbocycles. The minimum atomic E-state index is -0.641. The number of nitrogens with one attached hydrogen (secondary N) is 1. The Kier molecular flexibility index (Phi) is 5.14. The maximum atomic E-state index is 12.2. The van der Waals surface area contributed by atoms with Crippen molar-refractivity contribution in [1.82, 2.24) is 20.1 Å². The molecule has 1 amide bonds. The van der Waals surface area contributed by atoms with Crippen molar-refractivity contribution in [2.75, 3.05) is 0 Å². The standard InChI is InChI=1S/C18H20N4O2S/c1-12-10-22(16-7-5-4-6-8-16)21-18(12)24-13(2)17(23)19-9-15-11-25-14(3)20-15/h4-8,10-11,13H,9H2,1-3H3,(H,19,23)/t13-/m1/s1. The Morgan fingerprint density at radius 1 is 1.32 bits per heavy atom. The lowest BCUT2D eigenvalue weighted by atomic mass is 10.3. The van der Waals surface area contributed by atoms with Gasteiger partial charge in [0.25, 0.3) is 5.91 Å². The largest absolute Gasteiger partial charge is 0.463 e. The van der Waals surface area contributed by atoms with Crippen LogP contribution in [0.4, 0.5) is 0 Å². The van der Waals surface area contributed by atoms with Crippen LogP contribution < -0.4 is 10.1 Å². The average molecular weight is 356 g/mol. The maximum Gasteiger partial charge on any atom is 0.261 e. The minimum Gasteiger partial charge on any atom is -0.463 e. The van der Waals surface area contributed by atoms with Gasteiger partial charge in [0, 0.05) is 17.1 Å². The average Bonchev–Trinajstić information content (AvgIpc) is 3.19. The molecule has 7 heteroatoms. The second kappa shape index (κ2) is 7.48. The van der Waals surface area contributed by atoms with Crippen LogP contribution in [0.1, 0.15) is 23.2 Å². The van der Waals surface area contributed by atoms with E-state index in [1.165, 1.54) is 0 Å². The van der Waals surface area contributed by atoms with Gasteiger partial charge in [-0.1, -0.05) is 18.2 Å². The molecule has 0 bridgehead atoms. The Balaban J connectivity index is 1.61. The van der Waals surface area contributed by atoms with Crippen molar-refractivity contribution < 1.29 is 9.53 Å². The van der Waals surface area contributed by atoms with Crippen LogP contribution in [-0.2, 0) is 11.3 Å². The van der Waals surface area contributed by atoms with Crippen molar-refractivity contribution in [2.24, 2.45) is 0 Å². The lowest BCUT2D eigenvalue weighted by molar-refractivity contribution is -0.127. The second-order valence-corrected chi connectivity index (χ2v) is 6.80. The van der Waals surface area contributed by atoms with Gasteiger partial charge in [-0.25, -0.2) is 9.67 Å². The number of thiazole rings is 1. The predicted molar refractivity (Wildman–Crippen MR) is 97.1 cm³/mol. The van der Waals surface area contributed by atoms with Crippen molar-refractivity contribution in [2.45, 2.75) is 33.4 Å². The van der Waals surface area contributed by atoms with Crippen molar-refractivity contribution in [3.8, 4) is 11.6 Å². The van der Waals surface area contributed by atoms with E-state index < -0.39 is 6.10 Å². The van der Waals surface area contributed by atoms with E-state index in [0.29, 0.717) is 12.4 Å². The molecule has 2 heterocycles. The summed E-state index contributed by atoms with van der Waals surface area (Å²) in [4.78, 5) is 16.5. The molecule has 3 aromatic rings. The number of rotatable bonds is 6. The molecule has 1 atom stereocenters. The molecule has 0 saturated heterocycles. The number of aryl methyl sites for hydroxylation is 2. The number of ether oxygens (including phenoxy) is 1. The smallest absolute Gasteiger partial charge is 0.261 e. The van der Waals surface area contributed by atoms with E-state index in [1.807, 2.05) is 55.8 Å². The van der Waals surface area contributed by atoms with Crippen molar-refractivity contribution >= 4 is 17.2 Å². The van der Waals surface area contributed by atoms with Crippen molar-refractivity contribution in [1.29, 1.82) is 0 Å². The third kappa shape index (κ3) is 4.24. The van der Waals surface area contributed by atoms with Gasteiger partial charge in [0.15, 0.2) is 6.10 Å². The molecule has 0 fully saturated rings. The number of hydrogen-bond acceptors (Lipinski definition) is 5. The highest BCUT2D eigenvalue weighted by atomic mass is 32.1. The summed E-state index contributed by atoms with van der Waals surface area (Å²) in [6.45, 7) is 5.95. The molecule has 2 aromatic heterocycles. The molecular formula is C18H20N4O2S. The zero-order chi connectivity index (χ0) is 17.8. The van der Waals surface area contributed by atoms with Crippen LogP contribution in [-0.4, -0.2) is 26.8 Å². The van der Waals surface area contributed by atoms with Gasteiger partial charge in [0.2, 0.25) is 5.88 Å². The molecule has 130 valence electrons. The summed E-state index contributed by atoms with van der Waals surface area (Å²) in [5.74, 6) is 0.260. The van der Waals surface area contributed by atoms with Gasteiger partial charge in [0.1, 0.15) is 0 Å². The van der Waals surface area contributed by atoms with E-state index in [4.69, 9.17) is 4.74 Å². The first-order chi connectivity index (χ1) is 12.0. The van der Waals surface area contributed by atoms with Gasteiger partial charge in [-0.3, -0.25) is 4.79 Å². The Labute approximate surface area is 150 Å². The lowest BCUT2D eigenvalue weighted by Gasteiger charge is -2.13. The third-order valence-corrected chi connectivity index (χ3v) is 4.46. The monoisotopic (exact) mass is 356 g/mol. The lowest BCUT2D eigenvalue weighted by Crippen LogP contribution is -2.36. The fraction of sp³-hybridized carbons (Fsp3) is 0.278. The van der Waals surface area contributed by atoms with Gasteiger partial charge in [-0.05, 0) is 32.9 Å². The van der Waals surface area contributed by atoms with E-state index in [0.717, 1.165) is 22.0 Å². The van der Waals surface area contributed by atoms with E-state index in [-0.39, 0.29) is 5.91 Å². The number of amides is 1. The van der Waals surface area contributed by atoms with Crippen molar-refractivity contribution in [3.05, 3.63) is 58.2 Å². The van der Waals surface area contributed by atoms with Crippen LogP contribution >= 0.6 is 11.3 Å². The van der Waals surface area contributed by atoms with Gasteiger partial charge in [-0.2, -0.15) is 0 Å². The number of carbonyl (C=O) groups is 1. The summed E-state index contributed by atoms with van der Waals surface area (Å²) < 4.78 is 7.48. The molecule has 6 nitrogen and oxygen atoms in total. The molecule has 0 aliphatic rings. The first kappa shape index (κ1) is 17.2. The third-order valence-electron chi connectivity index (χ3n) is 3.64. The van der Waals surface area contributed by atoms with Gasteiger partial charge in [-0.15, -0.1) is 16.4 Å². The summed E-state index contributed by atoms with van der Waals surface area (Å²) in [7, 11) is 0. The number of benzene rings is 1. The molecule has 0 saturated carbocycles. The summed E-state index contributed by atoms with van der Waals surface area (Å²) in [5, 5.41) is 10.2. The SMILES string of the molecule is Cc1nc(CNC(=O)[C@@H](C)Oc2nn(-c3ccccc3)cc2C)cs1. The molecule has 1 N–H and O–H groups in total. The van der Waals surface area contributed by atoms with Crippen LogP contribution in [0.3, 0.4) is 0 Å². The van der Waals surface area contributed by atoms with Crippen LogP contribution in [0.2, 0.25) is 0 Å². The van der Waals surface area contributed by atoms with E-state index in [1.54, 1.807) is 22.9 Å². The van der Waals surface area contributed by atoms with E-state index >= 15 is 0 Å².